The molecule has 13 heteroatoms. The molecule has 0 spiro atoms. The number of hydrogen-bond acceptors (Lipinski definition) is 11. The Balaban J connectivity index is 2.60. The Labute approximate surface area is 306 Å². The third-order valence-corrected chi connectivity index (χ3v) is 8.40. The van der Waals surface area contributed by atoms with Crippen LogP contribution < -0.4 is 0 Å². The zero-order valence-electron chi connectivity index (χ0n) is 30.6. The molecule has 1 aliphatic rings. The van der Waals surface area contributed by atoms with Crippen LogP contribution in [0, 0.1) is 0 Å². The summed E-state index contributed by atoms with van der Waals surface area (Å²) in [7, 11) is -5.07. The van der Waals surface area contributed by atoms with Gasteiger partial charge in [-0.25, -0.2) is 4.18 Å². The Morgan fingerprint density at radius 2 is 1.27 bits per heavy atom. The molecular formula is C38H64O12S. The largest absolute Gasteiger partial charge is 0.457 e. The quantitative estimate of drug-likeness (QED) is 0.0283. The van der Waals surface area contributed by atoms with Crippen molar-refractivity contribution in [2.24, 2.45) is 0 Å². The van der Waals surface area contributed by atoms with E-state index in [1.54, 1.807) is 6.08 Å². The van der Waals surface area contributed by atoms with Gasteiger partial charge in [-0.2, -0.15) is 8.42 Å². The zero-order valence-corrected chi connectivity index (χ0v) is 31.5. The van der Waals surface area contributed by atoms with E-state index in [-0.39, 0.29) is 19.6 Å². The van der Waals surface area contributed by atoms with Crippen molar-refractivity contribution in [3.63, 3.8) is 0 Å². The lowest BCUT2D eigenvalue weighted by molar-refractivity contribution is -0.301. The van der Waals surface area contributed by atoms with Crippen LogP contribution in [0.1, 0.15) is 110 Å². The van der Waals surface area contributed by atoms with Crippen molar-refractivity contribution in [1.29, 1.82) is 0 Å². The van der Waals surface area contributed by atoms with Crippen LogP contribution in [0.3, 0.4) is 0 Å². The molecule has 0 bridgehead atoms. The molecule has 0 aromatic heterocycles. The number of carbonyl (C=O) groups excluding carboxylic acids is 1. The normalized spacial score (nSPS) is 22.4. The third-order valence-electron chi connectivity index (χ3n) is 7.94. The highest BCUT2D eigenvalue weighted by atomic mass is 32.3. The summed E-state index contributed by atoms with van der Waals surface area (Å²) in [5.74, 6) is -0.530. The van der Waals surface area contributed by atoms with Crippen LogP contribution in [0.2, 0.25) is 0 Å². The Morgan fingerprint density at radius 3 is 1.80 bits per heavy atom. The van der Waals surface area contributed by atoms with E-state index in [1.807, 2.05) is 12.2 Å². The van der Waals surface area contributed by atoms with Crippen molar-refractivity contribution >= 4 is 16.4 Å². The first-order valence-corrected chi connectivity index (χ1v) is 19.9. The number of unbranched alkanes of at least 4 members (excludes halogenated alkanes) is 8. The van der Waals surface area contributed by atoms with E-state index < -0.39 is 59.8 Å². The van der Waals surface area contributed by atoms with E-state index in [4.69, 9.17) is 23.5 Å². The molecular weight excluding hydrogens is 680 g/mol. The van der Waals surface area contributed by atoms with Gasteiger partial charge >= 0.3 is 16.4 Å². The third kappa shape index (κ3) is 24.6. The van der Waals surface area contributed by atoms with Gasteiger partial charge in [0, 0.05) is 6.61 Å². The molecule has 6 unspecified atom stereocenters. The molecule has 51 heavy (non-hydrogen) atoms. The predicted octanol–water partition coefficient (Wildman–Crippen LogP) is 6.23. The van der Waals surface area contributed by atoms with Crippen molar-refractivity contribution in [1.82, 2.24) is 0 Å². The van der Waals surface area contributed by atoms with Crippen LogP contribution in [-0.4, -0.2) is 97.5 Å². The second-order valence-corrected chi connectivity index (χ2v) is 13.5. The first-order chi connectivity index (χ1) is 24.6. The molecule has 1 fully saturated rings. The molecule has 0 saturated carbocycles. The number of rotatable bonds is 30. The van der Waals surface area contributed by atoms with Crippen molar-refractivity contribution in [3.8, 4) is 0 Å². The fourth-order valence-corrected chi connectivity index (χ4v) is 5.67. The van der Waals surface area contributed by atoms with Gasteiger partial charge in [-0.1, -0.05) is 126 Å². The summed E-state index contributed by atoms with van der Waals surface area (Å²) >= 11 is 0. The summed E-state index contributed by atoms with van der Waals surface area (Å²) < 4.78 is 58.5. The van der Waals surface area contributed by atoms with Crippen molar-refractivity contribution in [3.05, 3.63) is 60.8 Å². The van der Waals surface area contributed by atoms with Crippen LogP contribution in [0.25, 0.3) is 0 Å². The molecule has 4 N–H and O–H groups in total. The van der Waals surface area contributed by atoms with Gasteiger partial charge in [0.15, 0.2) is 6.29 Å². The molecule has 6 atom stereocenters. The van der Waals surface area contributed by atoms with Crippen molar-refractivity contribution in [2.75, 3.05) is 26.4 Å². The Kier molecular flexibility index (Phi) is 27.8. The highest BCUT2D eigenvalue weighted by molar-refractivity contribution is 7.80. The minimum Gasteiger partial charge on any atom is -0.457 e. The van der Waals surface area contributed by atoms with Gasteiger partial charge < -0.3 is 34.3 Å². The van der Waals surface area contributed by atoms with Crippen LogP contribution >= 0.6 is 0 Å². The topological polar surface area (TPSA) is 178 Å². The lowest BCUT2D eigenvalue weighted by atomic mass is 9.99. The fraction of sp³-hybridized carbons (Fsp3) is 0.711. The van der Waals surface area contributed by atoms with Crippen LogP contribution in [0.5, 0.6) is 0 Å². The van der Waals surface area contributed by atoms with Gasteiger partial charge in [-0.3, -0.25) is 9.35 Å². The first kappa shape index (κ1) is 46.8. The lowest BCUT2D eigenvalue weighted by Crippen LogP contribution is -2.60. The summed E-state index contributed by atoms with van der Waals surface area (Å²) in [5, 5.41) is 30.4. The molecule has 0 aromatic rings. The average Bonchev–Trinajstić information content (AvgIpc) is 3.09. The SMILES string of the molecule is CC/C=C\C/C=C\C/C=C\C/C=C\C/C=C\CC(=O)OC(COCCCCCCCCCCC)COC1OC(CO)C(O)C(OS(=O)(=O)O)C1O. The number of aliphatic hydroxyl groups is 3. The second-order valence-electron chi connectivity index (χ2n) is 12.5. The average molecular weight is 745 g/mol. The molecule has 12 nitrogen and oxygen atoms in total. The van der Waals surface area contributed by atoms with E-state index in [2.05, 4.69) is 60.6 Å². The van der Waals surface area contributed by atoms with Crippen LogP contribution in [-0.2, 0) is 38.3 Å². The Hall–Kier alpha value is -2.20. The second kappa shape index (κ2) is 30.3. The standard InChI is InChI=1S/C38H64O12S/c1-3-5-7-9-11-13-14-15-16-17-18-19-21-23-25-27-34(40)48-32(30-46-28-26-24-22-20-12-10-8-6-4-2)31-47-38-36(42)37(50-51(43,44)45)35(41)33(29-39)49-38/h5,7,11,13,15-16,18-19,23,25,32-33,35-39,41-42H,3-4,6,8-10,12,14,17,20-22,24,26-31H2,1-2H3,(H,43,44,45)/b7-5-,13-11-,16-15-,19-18-,25-23-. The van der Waals surface area contributed by atoms with E-state index in [0.29, 0.717) is 13.0 Å². The van der Waals surface area contributed by atoms with E-state index in [0.717, 1.165) is 44.9 Å². The summed E-state index contributed by atoms with van der Waals surface area (Å²) in [6.07, 6.45) is 25.9. The molecule has 0 radical (unpaired) electrons. The Morgan fingerprint density at radius 1 is 0.745 bits per heavy atom. The molecule has 0 amide bonds. The molecule has 294 valence electrons. The molecule has 1 aliphatic heterocycles. The highest BCUT2D eigenvalue weighted by Crippen LogP contribution is 2.26. The van der Waals surface area contributed by atoms with Crippen molar-refractivity contribution < 1.29 is 56.2 Å². The fourth-order valence-electron chi connectivity index (χ4n) is 5.16. The summed E-state index contributed by atoms with van der Waals surface area (Å²) in [6, 6.07) is 0. The number of allylic oxidation sites excluding steroid dienone is 9. The number of aliphatic hydroxyl groups excluding tert-OH is 3. The molecule has 1 saturated heterocycles. The summed E-state index contributed by atoms with van der Waals surface area (Å²) in [5.41, 5.74) is 0. The Bertz CT molecular complexity index is 1130. The number of hydrogen-bond donors (Lipinski definition) is 4. The van der Waals surface area contributed by atoms with Crippen LogP contribution in [0.15, 0.2) is 60.8 Å². The maximum absolute atomic E-state index is 12.7. The molecule has 1 rings (SSSR count). The maximum atomic E-state index is 12.7. The number of carbonyl (C=O) groups is 1. The van der Waals surface area contributed by atoms with Crippen LogP contribution in [0.4, 0.5) is 0 Å². The monoisotopic (exact) mass is 744 g/mol. The predicted molar refractivity (Wildman–Crippen MR) is 197 cm³/mol. The van der Waals surface area contributed by atoms with Crippen molar-refractivity contribution in [2.45, 2.75) is 147 Å². The van der Waals surface area contributed by atoms with Gasteiger partial charge in [0.1, 0.15) is 30.5 Å². The molecule has 0 aliphatic carbocycles. The van der Waals surface area contributed by atoms with Gasteiger partial charge in [-0.15, -0.1) is 0 Å². The zero-order chi connectivity index (χ0) is 37.6. The number of ether oxygens (including phenoxy) is 4. The lowest BCUT2D eigenvalue weighted by Gasteiger charge is -2.41. The van der Waals surface area contributed by atoms with Gasteiger partial charge in [0.25, 0.3) is 0 Å². The summed E-state index contributed by atoms with van der Waals surface area (Å²) in [4.78, 5) is 12.7. The number of esters is 1. The van der Waals surface area contributed by atoms with E-state index in [9.17, 15) is 28.5 Å². The molecule has 0 aromatic carbocycles. The van der Waals surface area contributed by atoms with E-state index in [1.165, 1.54) is 38.5 Å². The van der Waals surface area contributed by atoms with Gasteiger partial charge in [0.05, 0.1) is 26.2 Å². The van der Waals surface area contributed by atoms with Gasteiger partial charge in [-0.05, 0) is 38.5 Å². The minimum atomic E-state index is -5.07. The minimum absolute atomic E-state index is 0.00571. The first-order valence-electron chi connectivity index (χ1n) is 18.5. The highest BCUT2D eigenvalue weighted by Gasteiger charge is 2.48. The van der Waals surface area contributed by atoms with Gasteiger partial charge in [0.2, 0.25) is 0 Å². The molecule has 1 heterocycles. The van der Waals surface area contributed by atoms with E-state index >= 15 is 0 Å². The summed E-state index contributed by atoms with van der Waals surface area (Å²) in [6.45, 7) is 3.69. The maximum Gasteiger partial charge on any atom is 0.397 e. The smallest absolute Gasteiger partial charge is 0.397 e.